The van der Waals surface area contributed by atoms with Crippen LogP contribution in [0.3, 0.4) is 0 Å². The van der Waals surface area contributed by atoms with Crippen molar-refractivity contribution in [2.24, 2.45) is 5.10 Å². The molecule has 0 fully saturated rings. The largest absolute Gasteiger partial charge is 0.416 e. The van der Waals surface area contributed by atoms with Gasteiger partial charge in [-0.1, -0.05) is 43.1 Å². The number of hydrogen-bond donors (Lipinski definition) is 1. The van der Waals surface area contributed by atoms with Crippen LogP contribution in [0.5, 0.6) is 0 Å². The van der Waals surface area contributed by atoms with E-state index < -0.39 is 11.7 Å². The predicted molar refractivity (Wildman–Crippen MR) is 92.5 cm³/mol. The molecular weight excluding hydrogens is 337 g/mol. The summed E-state index contributed by atoms with van der Waals surface area (Å²) in [6.45, 7) is 1.99. The van der Waals surface area contributed by atoms with Crippen molar-refractivity contribution in [3.05, 3.63) is 65.2 Å². The zero-order valence-corrected chi connectivity index (χ0v) is 14.0. The molecule has 2 aromatic carbocycles. The van der Waals surface area contributed by atoms with E-state index >= 15 is 0 Å². The van der Waals surface area contributed by atoms with Gasteiger partial charge in [0, 0.05) is 5.56 Å². The number of halogens is 4. The number of nitrogens with zero attached hydrogens (tertiary/aromatic N) is 1. The van der Waals surface area contributed by atoms with Gasteiger partial charge in [-0.2, -0.15) is 18.3 Å². The molecule has 0 spiro atoms. The first-order valence-electron chi connectivity index (χ1n) is 7.66. The Morgan fingerprint density at radius 3 is 2.46 bits per heavy atom. The smallest absolute Gasteiger partial charge is 0.277 e. The number of rotatable bonds is 6. The van der Waals surface area contributed by atoms with E-state index in [4.69, 9.17) is 11.6 Å². The first kappa shape index (κ1) is 18.3. The Morgan fingerprint density at radius 1 is 1.12 bits per heavy atom. The van der Waals surface area contributed by atoms with Gasteiger partial charge in [-0.25, -0.2) is 0 Å². The molecule has 1 N–H and O–H groups in total. The fourth-order valence-corrected chi connectivity index (χ4v) is 2.34. The van der Waals surface area contributed by atoms with E-state index in [0.717, 1.165) is 18.9 Å². The molecule has 6 heteroatoms. The average Bonchev–Trinajstić information content (AvgIpc) is 2.57. The summed E-state index contributed by atoms with van der Waals surface area (Å²) in [5.74, 6) is 0. The van der Waals surface area contributed by atoms with Crippen molar-refractivity contribution in [1.82, 2.24) is 0 Å². The van der Waals surface area contributed by atoms with Crippen molar-refractivity contribution in [3.8, 4) is 0 Å². The van der Waals surface area contributed by atoms with Gasteiger partial charge >= 0.3 is 6.18 Å². The number of benzene rings is 2. The Morgan fingerprint density at radius 2 is 1.83 bits per heavy atom. The number of hydrazone groups is 1. The van der Waals surface area contributed by atoms with E-state index in [1.165, 1.54) is 6.07 Å². The minimum absolute atomic E-state index is 0.0114. The van der Waals surface area contributed by atoms with Crippen molar-refractivity contribution < 1.29 is 13.2 Å². The lowest BCUT2D eigenvalue weighted by Crippen LogP contribution is -2.08. The van der Waals surface area contributed by atoms with Crippen molar-refractivity contribution in [2.45, 2.75) is 32.4 Å². The molecule has 0 saturated carbocycles. The molecule has 0 saturated heterocycles. The second kappa shape index (κ2) is 8.20. The third kappa shape index (κ3) is 5.27. The maximum Gasteiger partial charge on any atom is 0.416 e. The van der Waals surface area contributed by atoms with Gasteiger partial charge in [0.25, 0.3) is 0 Å². The highest BCUT2D eigenvalue weighted by atomic mass is 35.5. The highest BCUT2D eigenvalue weighted by Crippen LogP contribution is 2.31. The van der Waals surface area contributed by atoms with E-state index in [2.05, 4.69) is 10.5 Å². The zero-order valence-electron chi connectivity index (χ0n) is 13.2. The van der Waals surface area contributed by atoms with Gasteiger partial charge < -0.3 is 0 Å². The zero-order chi connectivity index (χ0) is 17.6. The second-order valence-electron chi connectivity index (χ2n) is 5.40. The topological polar surface area (TPSA) is 24.4 Å². The van der Waals surface area contributed by atoms with Crippen LogP contribution in [0.15, 0.2) is 53.6 Å². The lowest BCUT2D eigenvalue weighted by atomic mass is 10.0. The summed E-state index contributed by atoms with van der Waals surface area (Å²) in [7, 11) is 0. The minimum Gasteiger partial charge on any atom is -0.277 e. The third-order valence-electron chi connectivity index (χ3n) is 3.43. The quantitative estimate of drug-likeness (QED) is 0.494. The second-order valence-corrected chi connectivity index (χ2v) is 5.76. The number of unbranched alkanes of at least 4 members (excludes halogenated alkanes) is 1. The lowest BCUT2D eigenvalue weighted by Gasteiger charge is -2.12. The van der Waals surface area contributed by atoms with E-state index in [1.54, 1.807) is 18.2 Å². The Kier molecular flexibility index (Phi) is 6.26. The predicted octanol–water partition coefficient (Wildman–Crippen LogP) is 6.06. The summed E-state index contributed by atoms with van der Waals surface area (Å²) in [6, 6.07) is 12.9. The van der Waals surface area contributed by atoms with Crippen LogP contribution >= 0.6 is 11.6 Å². The number of nitrogens with one attached hydrogen (secondary N) is 1. The van der Waals surface area contributed by atoms with Crippen molar-refractivity contribution >= 4 is 22.5 Å². The molecule has 2 rings (SSSR count). The van der Waals surface area contributed by atoms with E-state index in [0.29, 0.717) is 17.7 Å². The molecule has 0 radical (unpaired) electrons. The normalized spacial score (nSPS) is 12.3. The van der Waals surface area contributed by atoms with Crippen LogP contribution in [0.4, 0.5) is 18.9 Å². The first-order chi connectivity index (χ1) is 11.4. The highest BCUT2D eigenvalue weighted by molar-refractivity contribution is 6.69. The lowest BCUT2D eigenvalue weighted by molar-refractivity contribution is -0.137. The maximum atomic E-state index is 13.1. The Bertz CT molecular complexity index is 697. The molecule has 0 bridgehead atoms. The number of aryl methyl sites for hydroxylation is 1. The fourth-order valence-electron chi connectivity index (χ4n) is 2.19. The summed E-state index contributed by atoms with van der Waals surface area (Å²) < 4.78 is 39.3. The van der Waals surface area contributed by atoms with Gasteiger partial charge in [-0.3, -0.25) is 5.43 Å². The molecule has 128 valence electrons. The summed E-state index contributed by atoms with van der Waals surface area (Å²) in [5.41, 5.74) is 3.59. The van der Waals surface area contributed by atoms with Crippen LogP contribution in [-0.2, 0) is 12.6 Å². The van der Waals surface area contributed by atoms with Gasteiger partial charge in [0.15, 0.2) is 5.17 Å². The molecule has 0 unspecified atom stereocenters. The SMILES string of the molecule is CCCCc1cc(C(Cl)=NNc2ccccc2)cc(C(F)(F)F)c1. The highest BCUT2D eigenvalue weighted by Gasteiger charge is 2.31. The number of hydrogen-bond acceptors (Lipinski definition) is 2. The van der Waals surface area contributed by atoms with Gasteiger partial charge in [0.2, 0.25) is 0 Å². The molecule has 0 aliphatic rings. The van der Waals surface area contributed by atoms with E-state index in [1.807, 2.05) is 25.1 Å². The molecule has 0 heterocycles. The Balaban J connectivity index is 2.29. The Hall–Kier alpha value is -2.01. The van der Waals surface area contributed by atoms with Gasteiger partial charge in [0.1, 0.15) is 0 Å². The van der Waals surface area contributed by atoms with Gasteiger partial charge in [-0.15, -0.1) is 0 Å². The summed E-state index contributed by atoms with van der Waals surface area (Å²) in [5, 5.41) is 3.96. The van der Waals surface area contributed by atoms with E-state index in [9.17, 15) is 13.2 Å². The molecule has 0 aromatic heterocycles. The number of para-hydroxylation sites is 1. The van der Waals surface area contributed by atoms with Gasteiger partial charge in [-0.05, 0) is 48.7 Å². The monoisotopic (exact) mass is 354 g/mol. The summed E-state index contributed by atoms with van der Waals surface area (Å²) in [6.07, 6.45) is -2.12. The molecule has 0 aliphatic heterocycles. The fraction of sp³-hybridized carbons (Fsp3) is 0.278. The average molecular weight is 355 g/mol. The van der Waals surface area contributed by atoms with Crippen LogP contribution in [0, 0.1) is 0 Å². The Labute approximate surface area is 144 Å². The van der Waals surface area contributed by atoms with Crippen molar-refractivity contribution in [3.63, 3.8) is 0 Å². The minimum atomic E-state index is -4.42. The molecule has 24 heavy (non-hydrogen) atoms. The van der Waals surface area contributed by atoms with E-state index in [-0.39, 0.29) is 10.7 Å². The molecule has 0 aliphatic carbocycles. The van der Waals surface area contributed by atoms with Crippen LogP contribution < -0.4 is 5.43 Å². The molecule has 2 aromatic rings. The summed E-state index contributed by atoms with van der Waals surface area (Å²) >= 11 is 6.10. The first-order valence-corrected chi connectivity index (χ1v) is 8.03. The van der Waals surface area contributed by atoms with Crippen LogP contribution in [0.1, 0.15) is 36.5 Å². The van der Waals surface area contributed by atoms with Crippen molar-refractivity contribution in [2.75, 3.05) is 5.43 Å². The number of alkyl halides is 3. The third-order valence-corrected chi connectivity index (χ3v) is 3.74. The standard InChI is InChI=1S/C18H18ClF3N2/c1-2-3-7-13-10-14(12-15(11-13)18(20,21)22)17(19)24-23-16-8-5-4-6-9-16/h4-6,8-12,23H,2-3,7H2,1H3. The molecule has 0 atom stereocenters. The molecule has 0 amide bonds. The molecular formula is C18H18ClF3N2. The van der Waals surface area contributed by atoms with Gasteiger partial charge in [0.05, 0.1) is 11.3 Å². The van der Waals surface area contributed by atoms with Crippen molar-refractivity contribution in [1.29, 1.82) is 0 Å². The number of anilines is 1. The van der Waals surface area contributed by atoms with Crippen LogP contribution in [-0.4, -0.2) is 5.17 Å². The summed E-state index contributed by atoms with van der Waals surface area (Å²) in [4.78, 5) is 0. The maximum absolute atomic E-state index is 13.1. The molecule has 2 nitrogen and oxygen atoms in total. The van der Waals surface area contributed by atoms with Crippen LogP contribution in [0.25, 0.3) is 0 Å². The van der Waals surface area contributed by atoms with Crippen LogP contribution in [0.2, 0.25) is 0 Å².